The van der Waals surface area contributed by atoms with Crippen molar-refractivity contribution in [3.8, 4) is 33.9 Å². The lowest BCUT2D eigenvalue weighted by molar-refractivity contribution is -0.109. The number of nitrogens with zero attached hydrogens (tertiary/aromatic N) is 1. The minimum absolute atomic E-state index is 0.300. The van der Waals surface area contributed by atoms with Gasteiger partial charge in [0.1, 0.15) is 12.3 Å². The van der Waals surface area contributed by atoms with E-state index < -0.39 is 6.04 Å². The quantitative estimate of drug-likeness (QED) is 0.259. The maximum atomic E-state index is 11.7. The molecule has 2 aliphatic rings. The summed E-state index contributed by atoms with van der Waals surface area (Å²) in [6.07, 6.45) is 5.55. The molecule has 0 bridgehead atoms. The van der Waals surface area contributed by atoms with Crippen LogP contribution in [0.4, 0.5) is 0 Å². The number of fused-ring (bicyclic) bond motifs is 2. The monoisotopic (exact) mass is 489 g/mol. The Labute approximate surface area is 216 Å². The molecule has 4 aromatic rings. The Bertz CT molecular complexity index is 1450. The van der Waals surface area contributed by atoms with Gasteiger partial charge in [0.2, 0.25) is 6.79 Å². The zero-order valence-electron chi connectivity index (χ0n) is 20.3. The van der Waals surface area contributed by atoms with E-state index in [1.165, 1.54) is 11.1 Å². The minimum Gasteiger partial charge on any atom is -0.454 e. The van der Waals surface area contributed by atoms with Crippen LogP contribution >= 0.6 is 0 Å². The van der Waals surface area contributed by atoms with Gasteiger partial charge in [-0.15, -0.1) is 0 Å². The Morgan fingerprint density at radius 2 is 1.73 bits per heavy atom. The zero-order chi connectivity index (χ0) is 25.0. The van der Waals surface area contributed by atoms with E-state index in [1.54, 1.807) is 6.20 Å². The fourth-order valence-electron chi connectivity index (χ4n) is 4.76. The Balaban J connectivity index is 1.18. The molecule has 6 nitrogen and oxygen atoms in total. The van der Waals surface area contributed by atoms with Crippen LogP contribution in [0.3, 0.4) is 0 Å². The van der Waals surface area contributed by atoms with E-state index in [2.05, 4.69) is 65.2 Å². The summed E-state index contributed by atoms with van der Waals surface area (Å²) in [7, 11) is 0. The third kappa shape index (κ3) is 4.84. The second kappa shape index (κ2) is 10.3. The van der Waals surface area contributed by atoms with Gasteiger partial charge < -0.3 is 24.9 Å². The molecule has 3 heterocycles. The van der Waals surface area contributed by atoms with E-state index >= 15 is 0 Å². The predicted octanol–water partition coefficient (Wildman–Crippen LogP) is 5.29. The number of rotatable bonds is 8. The lowest BCUT2D eigenvalue weighted by Crippen LogP contribution is -2.21. The summed E-state index contributed by atoms with van der Waals surface area (Å²) >= 11 is 0. The molecule has 2 N–H and O–H groups in total. The molecule has 0 amide bonds. The van der Waals surface area contributed by atoms with Crippen LogP contribution in [0, 0.1) is 0 Å². The van der Waals surface area contributed by atoms with Gasteiger partial charge in [-0.3, -0.25) is 0 Å². The lowest BCUT2D eigenvalue weighted by Gasteiger charge is -2.21. The van der Waals surface area contributed by atoms with Crippen LogP contribution in [0.5, 0.6) is 11.5 Å². The highest BCUT2D eigenvalue weighted by molar-refractivity contribution is 5.84. The number of hydrogen-bond acceptors (Lipinski definition) is 6. The van der Waals surface area contributed by atoms with E-state index in [9.17, 15) is 4.79 Å². The van der Waals surface area contributed by atoms with Gasteiger partial charge in [-0.05, 0) is 60.1 Å². The van der Waals surface area contributed by atoms with Crippen LogP contribution < -0.4 is 20.1 Å². The number of nitrogens with one attached hydrogen (secondary N) is 2. The van der Waals surface area contributed by atoms with Crippen molar-refractivity contribution in [3.05, 3.63) is 107 Å². The number of pyridine rings is 1. The topological polar surface area (TPSA) is 72.5 Å². The molecule has 1 aromatic heterocycles. The van der Waals surface area contributed by atoms with Crippen molar-refractivity contribution in [1.29, 1.82) is 0 Å². The van der Waals surface area contributed by atoms with Gasteiger partial charge >= 0.3 is 0 Å². The predicted molar refractivity (Wildman–Crippen MR) is 144 cm³/mol. The summed E-state index contributed by atoms with van der Waals surface area (Å²) < 4.78 is 10.9. The minimum atomic E-state index is -0.393. The van der Waals surface area contributed by atoms with Crippen LogP contribution in [0.15, 0.2) is 85.1 Å². The number of hydrogen-bond donors (Lipinski definition) is 2. The Hall–Kier alpha value is -4.42. The second-order valence-electron chi connectivity index (χ2n) is 9.15. The standard InChI is InChI=1S/C31H27N3O3/c35-19-28-26-17-25(23-4-2-1-3-5-23)31(34-27(26)13-15-33-28)24-9-6-22(7-10-24)18-32-14-12-21-8-11-29-30(16-21)37-20-36-29/h1-11,13,15-17,19,28,32-33H,12,14,18,20H2. The summed E-state index contributed by atoms with van der Waals surface area (Å²) in [5.41, 5.74) is 8.17. The second-order valence-corrected chi connectivity index (χ2v) is 9.15. The van der Waals surface area contributed by atoms with Crippen LogP contribution in [0.2, 0.25) is 0 Å². The number of benzene rings is 3. The van der Waals surface area contributed by atoms with Gasteiger partial charge in [-0.1, -0.05) is 60.7 Å². The zero-order valence-corrected chi connectivity index (χ0v) is 20.3. The SMILES string of the molecule is O=CC1NC=Cc2nc(-c3ccc(CNCCc4ccc5c(c4)OCO5)cc3)c(-c3ccccc3)cc21. The van der Waals surface area contributed by atoms with Gasteiger partial charge in [0, 0.05) is 23.2 Å². The number of aromatic nitrogens is 1. The smallest absolute Gasteiger partial charge is 0.231 e. The molecule has 6 rings (SSSR count). The Morgan fingerprint density at radius 3 is 2.57 bits per heavy atom. The fourth-order valence-corrected chi connectivity index (χ4v) is 4.76. The highest BCUT2D eigenvalue weighted by atomic mass is 16.7. The maximum Gasteiger partial charge on any atom is 0.231 e. The average molecular weight is 490 g/mol. The molecule has 0 fully saturated rings. The molecule has 1 atom stereocenters. The van der Waals surface area contributed by atoms with Crippen molar-refractivity contribution >= 4 is 12.4 Å². The van der Waals surface area contributed by atoms with Gasteiger partial charge in [0.25, 0.3) is 0 Å². The van der Waals surface area contributed by atoms with Gasteiger partial charge in [0.15, 0.2) is 11.5 Å². The highest BCUT2D eigenvalue weighted by Crippen LogP contribution is 2.35. The van der Waals surface area contributed by atoms with Gasteiger partial charge in [0.05, 0.1) is 11.4 Å². The number of ether oxygens (including phenoxy) is 2. The number of carbonyl (C=O) groups is 1. The first-order chi connectivity index (χ1) is 18.3. The molecule has 1 unspecified atom stereocenters. The molecule has 2 aliphatic heterocycles. The van der Waals surface area contributed by atoms with Crippen LogP contribution in [0.25, 0.3) is 28.5 Å². The van der Waals surface area contributed by atoms with E-state index in [-0.39, 0.29) is 0 Å². The first-order valence-electron chi connectivity index (χ1n) is 12.5. The molecule has 0 saturated carbocycles. The molecule has 37 heavy (non-hydrogen) atoms. The molecular formula is C31H27N3O3. The first kappa shape index (κ1) is 23.0. The van der Waals surface area contributed by atoms with Crippen LogP contribution in [0.1, 0.15) is 28.4 Å². The number of aldehydes is 1. The average Bonchev–Trinajstić information content (AvgIpc) is 3.43. The van der Waals surface area contributed by atoms with E-state index in [1.807, 2.05) is 30.3 Å². The Kier molecular flexibility index (Phi) is 6.40. The van der Waals surface area contributed by atoms with Gasteiger partial charge in [-0.2, -0.15) is 0 Å². The third-order valence-electron chi connectivity index (χ3n) is 6.74. The molecule has 184 valence electrons. The summed E-state index contributed by atoms with van der Waals surface area (Å²) in [6, 6.07) is 26.5. The fraction of sp³-hybridized carbons (Fsp3) is 0.161. The first-order valence-corrected chi connectivity index (χ1v) is 12.5. The molecular weight excluding hydrogens is 462 g/mol. The van der Waals surface area contributed by atoms with Crippen LogP contribution in [-0.4, -0.2) is 24.6 Å². The van der Waals surface area contributed by atoms with Crippen LogP contribution in [-0.2, 0) is 17.8 Å². The van der Waals surface area contributed by atoms with Crippen molar-refractivity contribution in [3.63, 3.8) is 0 Å². The molecule has 0 radical (unpaired) electrons. The number of carbonyl (C=O) groups excluding carboxylic acids is 1. The third-order valence-corrected chi connectivity index (χ3v) is 6.74. The van der Waals surface area contributed by atoms with E-state index in [0.717, 1.165) is 70.9 Å². The van der Waals surface area contributed by atoms with Crippen molar-refractivity contribution in [1.82, 2.24) is 15.6 Å². The van der Waals surface area contributed by atoms with Gasteiger partial charge in [-0.25, -0.2) is 4.98 Å². The Morgan fingerprint density at radius 1 is 0.919 bits per heavy atom. The molecule has 0 aliphatic carbocycles. The molecule has 3 aromatic carbocycles. The van der Waals surface area contributed by atoms with E-state index in [0.29, 0.717) is 6.79 Å². The normalized spacial score (nSPS) is 15.2. The van der Waals surface area contributed by atoms with E-state index in [4.69, 9.17) is 14.5 Å². The molecule has 6 heteroatoms. The summed E-state index contributed by atoms with van der Waals surface area (Å²) in [4.78, 5) is 16.7. The van der Waals surface area contributed by atoms with Crippen molar-refractivity contribution in [2.45, 2.75) is 19.0 Å². The largest absolute Gasteiger partial charge is 0.454 e. The van der Waals surface area contributed by atoms with Crippen molar-refractivity contribution in [2.24, 2.45) is 0 Å². The van der Waals surface area contributed by atoms with Crippen molar-refractivity contribution in [2.75, 3.05) is 13.3 Å². The highest BCUT2D eigenvalue weighted by Gasteiger charge is 2.21. The molecule has 0 saturated heterocycles. The molecule has 0 spiro atoms. The maximum absolute atomic E-state index is 11.7. The summed E-state index contributed by atoms with van der Waals surface area (Å²) in [5.74, 6) is 1.64. The lowest BCUT2D eigenvalue weighted by atomic mass is 9.93. The summed E-state index contributed by atoms with van der Waals surface area (Å²) in [6.45, 7) is 1.95. The summed E-state index contributed by atoms with van der Waals surface area (Å²) in [5, 5.41) is 6.64. The van der Waals surface area contributed by atoms with Crippen molar-refractivity contribution < 1.29 is 14.3 Å².